The third-order valence-electron chi connectivity index (χ3n) is 2.80. The largest absolute Gasteiger partial charge is 0.491 e. The molecule has 7 nitrogen and oxygen atoms in total. The normalized spacial score (nSPS) is 11.2. The van der Waals surface area contributed by atoms with Crippen molar-refractivity contribution in [1.29, 1.82) is 0 Å². The van der Waals surface area contributed by atoms with E-state index in [1.54, 1.807) is 24.3 Å². The number of esters is 1. The lowest BCUT2D eigenvalue weighted by molar-refractivity contribution is -0.138. The highest BCUT2D eigenvalue weighted by atomic mass is 16.6. The van der Waals surface area contributed by atoms with Crippen LogP contribution in [0.25, 0.3) is 0 Å². The molecule has 25 heavy (non-hydrogen) atoms. The van der Waals surface area contributed by atoms with Crippen LogP contribution in [0.2, 0.25) is 0 Å². The second kappa shape index (κ2) is 10.7. The highest BCUT2D eigenvalue weighted by Gasteiger charge is 2.18. The number of carbonyl (C=O) groups excluding carboxylic acids is 1. The summed E-state index contributed by atoms with van der Waals surface area (Å²) in [5, 5.41) is 8.45. The number of rotatable bonds is 11. The van der Waals surface area contributed by atoms with E-state index in [0.717, 1.165) is 0 Å². The predicted molar refractivity (Wildman–Crippen MR) is 91.0 cm³/mol. The van der Waals surface area contributed by atoms with Crippen molar-refractivity contribution >= 4 is 11.9 Å². The molecule has 1 aromatic rings. The van der Waals surface area contributed by atoms with E-state index in [1.807, 2.05) is 20.8 Å². The van der Waals surface area contributed by atoms with Gasteiger partial charge < -0.3 is 24.1 Å². The minimum absolute atomic E-state index is 0.0168. The Labute approximate surface area is 147 Å². The second-order valence-electron chi connectivity index (χ2n) is 6.25. The zero-order valence-electron chi connectivity index (χ0n) is 14.9. The van der Waals surface area contributed by atoms with Crippen molar-refractivity contribution in [3.05, 3.63) is 29.8 Å². The minimum Gasteiger partial charge on any atom is -0.491 e. The highest BCUT2D eigenvalue weighted by molar-refractivity contribution is 5.90. The summed E-state index contributed by atoms with van der Waals surface area (Å²) in [7, 11) is 0. The number of ether oxygens (including phenoxy) is 4. The van der Waals surface area contributed by atoms with Crippen molar-refractivity contribution in [2.45, 2.75) is 32.8 Å². The molecule has 1 rings (SSSR count). The van der Waals surface area contributed by atoms with Crippen molar-refractivity contribution in [2.75, 3.05) is 33.0 Å². The number of hydrogen-bond donors (Lipinski definition) is 1. The number of benzene rings is 1. The van der Waals surface area contributed by atoms with Gasteiger partial charge in [0, 0.05) is 0 Å². The molecule has 0 atom stereocenters. The van der Waals surface area contributed by atoms with Gasteiger partial charge >= 0.3 is 11.9 Å². The Morgan fingerprint density at radius 3 is 2.28 bits per heavy atom. The Morgan fingerprint density at radius 1 is 1.00 bits per heavy atom. The molecule has 0 aliphatic carbocycles. The molecule has 0 saturated carbocycles. The van der Waals surface area contributed by atoms with Crippen molar-refractivity contribution in [2.24, 2.45) is 0 Å². The van der Waals surface area contributed by atoms with Gasteiger partial charge in [-0.15, -0.1) is 0 Å². The van der Waals surface area contributed by atoms with E-state index < -0.39 is 17.5 Å². The second-order valence-corrected chi connectivity index (χ2v) is 6.25. The van der Waals surface area contributed by atoms with Crippen LogP contribution in [0, 0.1) is 0 Å². The molecule has 1 N–H and O–H groups in total. The monoisotopic (exact) mass is 354 g/mol. The maximum atomic E-state index is 12.0. The van der Waals surface area contributed by atoms with E-state index in [9.17, 15) is 9.59 Å². The first-order chi connectivity index (χ1) is 11.8. The number of carboxylic acids is 1. The van der Waals surface area contributed by atoms with Gasteiger partial charge in [-0.25, -0.2) is 4.79 Å². The molecule has 0 fully saturated rings. The summed E-state index contributed by atoms with van der Waals surface area (Å²) in [5.74, 6) is -0.722. The standard InChI is InChI=1S/C18H26O7/c1-18(2,3)25-17(21)14-5-4-6-15(13-14)24-12-11-23-10-9-22-8-7-16(19)20/h4-6,13H,7-12H2,1-3H3,(H,19,20). The van der Waals surface area contributed by atoms with Crippen LogP contribution < -0.4 is 4.74 Å². The summed E-state index contributed by atoms with van der Waals surface area (Å²) in [6.07, 6.45) is -0.0168. The van der Waals surface area contributed by atoms with Gasteiger partial charge in [-0.1, -0.05) is 6.07 Å². The smallest absolute Gasteiger partial charge is 0.338 e. The quantitative estimate of drug-likeness (QED) is 0.482. The van der Waals surface area contributed by atoms with Crippen LogP contribution in [0.5, 0.6) is 5.75 Å². The van der Waals surface area contributed by atoms with Crippen molar-refractivity contribution < 1.29 is 33.6 Å². The van der Waals surface area contributed by atoms with Crippen molar-refractivity contribution in [3.8, 4) is 5.75 Å². The molecule has 0 aliphatic rings. The van der Waals surface area contributed by atoms with E-state index >= 15 is 0 Å². The lowest BCUT2D eigenvalue weighted by atomic mass is 10.1. The van der Waals surface area contributed by atoms with E-state index in [2.05, 4.69) is 0 Å². The first-order valence-electron chi connectivity index (χ1n) is 8.11. The Hall–Kier alpha value is -2.12. The number of aliphatic carboxylic acids is 1. The molecular formula is C18H26O7. The van der Waals surface area contributed by atoms with E-state index in [4.69, 9.17) is 24.1 Å². The van der Waals surface area contributed by atoms with Crippen LogP contribution in [0.15, 0.2) is 24.3 Å². The summed E-state index contributed by atoms with van der Waals surface area (Å²) in [6.45, 7) is 7.00. The van der Waals surface area contributed by atoms with Crippen LogP contribution in [-0.2, 0) is 19.0 Å². The number of carbonyl (C=O) groups is 2. The van der Waals surface area contributed by atoms with Gasteiger partial charge in [0.2, 0.25) is 0 Å². The van der Waals surface area contributed by atoms with Gasteiger partial charge in [0.15, 0.2) is 0 Å². The molecule has 0 unspecified atom stereocenters. The molecule has 0 heterocycles. The lowest BCUT2D eigenvalue weighted by Crippen LogP contribution is -2.23. The Bertz CT molecular complexity index is 549. The molecule has 0 amide bonds. The first kappa shape index (κ1) is 20.9. The summed E-state index contributed by atoms with van der Waals surface area (Å²) in [5.41, 5.74) is -0.117. The molecular weight excluding hydrogens is 328 g/mol. The zero-order valence-corrected chi connectivity index (χ0v) is 14.9. The molecule has 0 saturated heterocycles. The Kier molecular flexibility index (Phi) is 8.94. The zero-order chi connectivity index (χ0) is 18.7. The van der Waals surface area contributed by atoms with Gasteiger partial charge in [-0.2, -0.15) is 0 Å². The highest BCUT2D eigenvalue weighted by Crippen LogP contribution is 2.17. The van der Waals surface area contributed by atoms with Crippen LogP contribution in [-0.4, -0.2) is 55.7 Å². The van der Waals surface area contributed by atoms with Crippen molar-refractivity contribution in [1.82, 2.24) is 0 Å². The maximum Gasteiger partial charge on any atom is 0.338 e. The maximum absolute atomic E-state index is 12.0. The number of carboxylic acid groups (broad SMARTS) is 1. The summed E-state index contributed by atoms with van der Waals surface area (Å²) in [6, 6.07) is 6.78. The molecule has 1 aromatic carbocycles. The molecule has 0 radical (unpaired) electrons. The van der Waals surface area contributed by atoms with Crippen LogP contribution in [0.1, 0.15) is 37.6 Å². The third kappa shape index (κ3) is 10.4. The van der Waals surface area contributed by atoms with Gasteiger partial charge in [-0.3, -0.25) is 4.79 Å². The first-order valence-corrected chi connectivity index (χ1v) is 8.11. The minimum atomic E-state index is -0.886. The van der Waals surface area contributed by atoms with E-state index in [-0.39, 0.29) is 13.0 Å². The third-order valence-corrected chi connectivity index (χ3v) is 2.80. The molecule has 0 aliphatic heterocycles. The fourth-order valence-corrected chi connectivity index (χ4v) is 1.75. The van der Waals surface area contributed by atoms with Crippen LogP contribution in [0.3, 0.4) is 0 Å². The van der Waals surface area contributed by atoms with Crippen LogP contribution in [0.4, 0.5) is 0 Å². The summed E-state index contributed by atoms with van der Waals surface area (Å²) >= 11 is 0. The molecule has 7 heteroatoms. The van der Waals surface area contributed by atoms with E-state index in [0.29, 0.717) is 37.7 Å². The van der Waals surface area contributed by atoms with Gasteiger partial charge in [0.1, 0.15) is 18.0 Å². The fraction of sp³-hybridized carbons (Fsp3) is 0.556. The molecule has 0 aromatic heterocycles. The average molecular weight is 354 g/mol. The summed E-state index contributed by atoms with van der Waals surface area (Å²) < 4.78 is 21.3. The Morgan fingerprint density at radius 2 is 1.64 bits per heavy atom. The van der Waals surface area contributed by atoms with Gasteiger partial charge in [-0.05, 0) is 39.0 Å². The molecule has 0 spiro atoms. The Balaban J connectivity index is 2.22. The summed E-state index contributed by atoms with van der Waals surface area (Å²) in [4.78, 5) is 22.3. The van der Waals surface area contributed by atoms with Gasteiger partial charge in [0.25, 0.3) is 0 Å². The fourth-order valence-electron chi connectivity index (χ4n) is 1.75. The predicted octanol–water partition coefficient (Wildman–Crippen LogP) is 2.53. The van der Waals surface area contributed by atoms with E-state index in [1.165, 1.54) is 0 Å². The molecule has 0 bridgehead atoms. The van der Waals surface area contributed by atoms with Crippen molar-refractivity contribution in [3.63, 3.8) is 0 Å². The SMILES string of the molecule is CC(C)(C)OC(=O)c1cccc(OCCOCCOCCC(=O)O)c1. The van der Waals surface area contributed by atoms with Crippen LogP contribution >= 0.6 is 0 Å². The molecule has 140 valence electrons. The average Bonchev–Trinajstić information content (AvgIpc) is 2.51. The topological polar surface area (TPSA) is 91.3 Å². The lowest BCUT2D eigenvalue weighted by Gasteiger charge is -2.19. The van der Waals surface area contributed by atoms with Gasteiger partial charge in [0.05, 0.1) is 38.4 Å². The number of hydrogen-bond acceptors (Lipinski definition) is 6.